The Kier molecular flexibility index (Phi) is 2.83. The zero-order valence-electron chi connectivity index (χ0n) is 6.26. The molecule has 0 aromatic heterocycles. The van der Waals surface area contributed by atoms with E-state index in [1.807, 2.05) is 7.05 Å². The summed E-state index contributed by atoms with van der Waals surface area (Å²) in [5.74, 6) is 0.240. The van der Waals surface area contributed by atoms with Gasteiger partial charge in [-0.2, -0.15) is 0 Å². The monoisotopic (exact) mass is 142 g/mol. The van der Waals surface area contributed by atoms with Gasteiger partial charge in [0.05, 0.1) is 6.17 Å². The Bertz CT molecular complexity index is 108. The van der Waals surface area contributed by atoms with E-state index in [0.717, 1.165) is 25.7 Å². The third kappa shape index (κ3) is 1.78. The molecule has 0 aliphatic carbocycles. The molecule has 58 valence electrons. The molecule has 2 N–H and O–H groups in total. The first-order valence-corrected chi connectivity index (χ1v) is 3.72. The SMILES string of the molecule is CNC1CCC(C=O)CN1. The van der Waals surface area contributed by atoms with E-state index >= 15 is 0 Å². The minimum absolute atomic E-state index is 0.240. The van der Waals surface area contributed by atoms with Crippen molar-refractivity contribution in [1.82, 2.24) is 10.6 Å². The highest BCUT2D eigenvalue weighted by molar-refractivity contribution is 5.53. The summed E-state index contributed by atoms with van der Waals surface area (Å²) in [4.78, 5) is 10.3. The van der Waals surface area contributed by atoms with E-state index in [-0.39, 0.29) is 5.92 Å². The molecule has 0 aromatic carbocycles. The van der Waals surface area contributed by atoms with E-state index in [1.165, 1.54) is 0 Å². The van der Waals surface area contributed by atoms with Gasteiger partial charge in [-0.25, -0.2) is 0 Å². The van der Waals surface area contributed by atoms with E-state index in [4.69, 9.17) is 0 Å². The van der Waals surface area contributed by atoms with Crippen LogP contribution < -0.4 is 10.6 Å². The van der Waals surface area contributed by atoms with Crippen LogP contribution in [0.1, 0.15) is 12.8 Å². The summed E-state index contributed by atoms with van der Waals surface area (Å²) in [6.07, 6.45) is 3.53. The van der Waals surface area contributed by atoms with Crippen LogP contribution >= 0.6 is 0 Å². The van der Waals surface area contributed by atoms with Crippen LogP contribution in [0, 0.1) is 5.92 Å². The Labute approximate surface area is 61.2 Å². The Hall–Kier alpha value is -0.410. The fourth-order valence-electron chi connectivity index (χ4n) is 1.24. The summed E-state index contributed by atoms with van der Waals surface area (Å²) in [7, 11) is 1.93. The summed E-state index contributed by atoms with van der Waals surface area (Å²) in [5, 5.41) is 6.35. The van der Waals surface area contributed by atoms with Crippen LogP contribution in [0.15, 0.2) is 0 Å². The molecule has 2 atom stereocenters. The number of nitrogens with one attached hydrogen (secondary N) is 2. The zero-order valence-corrected chi connectivity index (χ0v) is 6.26. The van der Waals surface area contributed by atoms with Crippen molar-refractivity contribution in [2.24, 2.45) is 5.92 Å². The molecule has 10 heavy (non-hydrogen) atoms. The molecule has 0 aromatic rings. The standard InChI is InChI=1S/C7H14N2O/c1-8-7-3-2-6(5-10)4-9-7/h5-9H,2-4H2,1H3. The quantitative estimate of drug-likeness (QED) is 0.521. The Morgan fingerprint density at radius 3 is 2.80 bits per heavy atom. The van der Waals surface area contributed by atoms with Gasteiger partial charge in [-0.1, -0.05) is 0 Å². The molecule has 3 heteroatoms. The molecule has 1 aliphatic rings. The zero-order chi connectivity index (χ0) is 7.40. The maximum Gasteiger partial charge on any atom is 0.124 e. The van der Waals surface area contributed by atoms with Crippen LogP contribution in [-0.2, 0) is 4.79 Å². The molecular weight excluding hydrogens is 128 g/mol. The Morgan fingerprint density at radius 2 is 2.40 bits per heavy atom. The van der Waals surface area contributed by atoms with Crippen LogP contribution in [0.4, 0.5) is 0 Å². The Morgan fingerprint density at radius 1 is 1.60 bits per heavy atom. The van der Waals surface area contributed by atoms with Gasteiger partial charge >= 0.3 is 0 Å². The largest absolute Gasteiger partial charge is 0.305 e. The molecule has 2 unspecified atom stereocenters. The highest BCUT2D eigenvalue weighted by Crippen LogP contribution is 2.09. The number of rotatable bonds is 2. The molecule has 0 saturated carbocycles. The van der Waals surface area contributed by atoms with Crippen LogP contribution in [0.3, 0.4) is 0 Å². The molecule has 3 nitrogen and oxygen atoms in total. The van der Waals surface area contributed by atoms with Crippen LogP contribution in [0.25, 0.3) is 0 Å². The van der Waals surface area contributed by atoms with Gasteiger partial charge in [-0.05, 0) is 19.9 Å². The van der Waals surface area contributed by atoms with Gasteiger partial charge in [0.1, 0.15) is 6.29 Å². The lowest BCUT2D eigenvalue weighted by molar-refractivity contribution is -0.111. The average Bonchev–Trinajstić information content (AvgIpc) is 2.05. The maximum atomic E-state index is 10.3. The molecule has 0 bridgehead atoms. The molecule has 1 aliphatic heterocycles. The van der Waals surface area contributed by atoms with E-state index in [1.54, 1.807) is 0 Å². The molecule has 1 saturated heterocycles. The fourth-order valence-corrected chi connectivity index (χ4v) is 1.24. The highest BCUT2D eigenvalue weighted by atomic mass is 16.1. The minimum atomic E-state index is 0.240. The summed E-state index contributed by atoms with van der Waals surface area (Å²) < 4.78 is 0. The second-order valence-electron chi connectivity index (χ2n) is 2.72. The second kappa shape index (κ2) is 3.68. The molecular formula is C7H14N2O. The van der Waals surface area contributed by atoms with Gasteiger partial charge in [0.2, 0.25) is 0 Å². The van der Waals surface area contributed by atoms with Crippen molar-refractivity contribution in [3.05, 3.63) is 0 Å². The average molecular weight is 142 g/mol. The second-order valence-corrected chi connectivity index (χ2v) is 2.72. The first-order chi connectivity index (χ1) is 4.86. The molecule has 1 heterocycles. The topological polar surface area (TPSA) is 41.1 Å². The van der Waals surface area contributed by atoms with Gasteiger partial charge in [-0.15, -0.1) is 0 Å². The minimum Gasteiger partial charge on any atom is -0.305 e. The van der Waals surface area contributed by atoms with Gasteiger partial charge < -0.3 is 15.4 Å². The lowest BCUT2D eigenvalue weighted by Gasteiger charge is -2.26. The van der Waals surface area contributed by atoms with Gasteiger partial charge in [0, 0.05) is 12.5 Å². The third-order valence-corrected chi connectivity index (χ3v) is 1.99. The van der Waals surface area contributed by atoms with Crippen molar-refractivity contribution in [1.29, 1.82) is 0 Å². The van der Waals surface area contributed by atoms with Crippen molar-refractivity contribution < 1.29 is 4.79 Å². The number of hydrogen-bond acceptors (Lipinski definition) is 3. The van der Waals surface area contributed by atoms with Crippen molar-refractivity contribution in [2.45, 2.75) is 19.0 Å². The van der Waals surface area contributed by atoms with Crippen LogP contribution in [0.5, 0.6) is 0 Å². The van der Waals surface area contributed by atoms with Crippen molar-refractivity contribution in [3.8, 4) is 0 Å². The predicted molar refractivity (Wildman–Crippen MR) is 39.6 cm³/mol. The first kappa shape index (κ1) is 7.69. The van der Waals surface area contributed by atoms with Crippen LogP contribution in [0.2, 0.25) is 0 Å². The molecule has 0 spiro atoms. The Balaban J connectivity index is 2.23. The van der Waals surface area contributed by atoms with Crippen molar-refractivity contribution in [2.75, 3.05) is 13.6 Å². The van der Waals surface area contributed by atoms with E-state index in [2.05, 4.69) is 10.6 Å². The molecule has 1 fully saturated rings. The fraction of sp³-hybridized carbons (Fsp3) is 0.857. The first-order valence-electron chi connectivity index (χ1n) is 3.72. The smallest absolute Gasteiger partial charge is 0.124 e. The molecule has 0 radical (unpaired) electrons. The van der Waals surface area contributed by atoms with Gasteiger partial charge in [-0.3, -0.25) is 0 Å². The van der Waals surface area contributed by atoms with E-state index < -0.39 is 0 Å². The predicted octanol–water partition coefficient (Wildman–Crippen LogP) is -0.270. The lowest BCUT2D eigenvalue weighted by atomic mass is 10.00. The summed E-state index contributed by atoms with van der Waals surface area (Å²) in [6, 6.07) is 0. The number of carbonyl (C=O) groups is 1. The molecule has 0 amide bonds. The van der Waals surface area contributed by atoms with Gasteiger partial charge in [0.25, 0.3) is 0 Å². The normalized spacial score (nSPS) is 33.7. The number of piperidine rings is 1. The maximum absolute atomic E-state index is 10.3. The summed E-state index contributed by atoms with van der Waals surface area (Å²) >= 11 is 0. The van der Waals surface area contributed by atoms with Crippen molar-refractivity contribution >= 4 is 6.29 Å². The number of hydrogen-bond donors (Lipinski definition) is 2. The van der Waals surface area contributed by atoms with E-state index in [0.29, 0.717) is 6.17 Å². The van der Waals surface area contributed by atoms with E-state index in [9.17, 15) is 4.79 Å². The summed E-state index contributed by atoms with van der Waals surface area (Å²) in [5.41, 5.74) is 0. The van der Waals surface area contributed by atoms with Crippen molar-refractivity contribution in [3.63, 3.8) is 0 Å². The highest BCUT2D eigenvalue weighted by Gasteiger charge is 2.17. The third-order valence-electron chi connectivity index (χ3n) is 1.99. The number of carbonyl (C=O) groups excluding carboxylic acids is 1. The summed E-state index contributed by atoms with van der Waals surface area (Å²) in [6.45, 7) is 0.828. The van der Waals surface area contributed by atoms with Crippen LogP contribution in [-0.4, -0.2) is 26.0 Å². The number of aldehydes is 1. The lowest BCUT2D eigenvalue weighted by Crippen LogP contribution is -2.46. The van der Waals surface area contributed by atoms with Gasteiger partial charge in [0.15, 0.2) is 0 Å². The molecule has 1 rings (SSSR count).